The van der Waals surface area contributed by atoms with Gasteiger partial charge in [0.2, 0.25) is 0 Å². The van der Waals surface area contributed by atoms with Gasteiger partial charge >= 0.3 is 0 Å². The van der Waals surface area contributed by atoms with Gasteiger partial charge < -0.3 is 0 Å². The summed E-state index contributed by atoms with van der Waals surface area (Å²) in [5, 5.41) is 0. The lowest BCUT2D eigenvalue weighted by Crippen LogP contribution is -2.39. The highest BCUT2D eigenvalue weighted by Gasteiger charge is 2.52. The van der Waals surface area contributed by atoms with Gasteiger partial charge in [0.1, 0.15) is 4.75 Å². The molecule has 72 valence electrons. The molecule has 0 saturated carbocycles. The number of fused-ring (bicyclic) bond motifs is 2. The molecule has 0 unspecified atom stereocenters. The van der Waals surface area contributed by atoms with Crippen molar-refractivity contribution in [2.24, 2.45) is 0 Å². The monoisotopic (exact) mass is 198 g/mol. The average Bonchev–Trinajstić information content (AvgIpc) is 2.15. The Bertz CT molecular complexity index is 391. The van der Waals surface area contributed by atoms with Gasteiger partial charge in [-0.3, -0.25) is 0 Å². The molecule has 0 amide bonds. The zero-order valence-corrected chi connectivity index (χ0v) is 8.76. The quantitative estimate of drug-likeness (QED) is 0.556. The van der Waals surface area contributed by atoms with Crippen LogP contribution in [0.1, 0.15) is 26.7 Å². The second kappa shape index (κ2) is 2.27. The van der Waals surface area contributed by atoms with Crippen LogP contribution in [0.4, 0.5) is 0 Å². The molecular weight excluding hydrogens is 184 g/mol. The third-order valence-corrected chi connectivity index (χ3v) is 6.21. The molecule has 2 heterocycles. The van der Waals surface area contributed by atoms with Gasteiger partial charge in [-0.15, -0.1) is 0 Å². The van der Waals surface area contributed by atoms with Gasteiger partial charge in [0, 0.05) is 0 Å². The van der Waals surface area contributed by atoms with E-state index in [2.05, 4.69) is 0 Å². The fourth-order valence-corrected chi connectivity index (χ4v) is 4.23. The summed E-state index contributed by atoms with van der Waals surface area (Å²) in [7, 11) is -3.06. The molecule has 2 aliphatic heterocycles. The van der Waals surface area contributed by atoms with Crippen LogP contribution in [0, 0.1) is 0 Å². The van der Waals surface area contributed by atoms with E-state index in [-0.39, 0.29) is 0 Å². The minimum Gasteiger partial charge on any atom is -0.227 e. The summed E-state index contributed by atoms with van der Waals surface area (Å²) in [6.07, 6.45) is 9.03. The van der Waals surface area contributed by atoms with E-state index in [0.29, 0.717) is 6.42 Å². The van der Waals surface area contributed by atoms with Gasteiger partial charge in [0.05, 0.1) is 4.75 Å². The van der Waals surface area contributed by atoms with Gasteiger partial charge in [0.15, 0.2) is 9.84 Å². The van der Waals surface area contributed by atoms with Crippen LogP contribution < -0.4 is 0 Å². The molecule has 2 nitrogen and oxygen atoms in total. The van der Waals surface area contributed by atoms with Crippen molar-refractivity contribution in [3.63, 3.8) is 0 Å². The highest BCUT2D eigenvalue weighted by Crippen LogP contribution is 2.44. The molecule has 0 N–H and O–H groups in total. The van der Waals surface area contributed by atoms with Crippen molar-refractivity contribution < 1.29 is 8.42 Å². The summed E-state index contributed by atoms with van der Waals surface area (Å²) in [5.41, 5.74) is 0. The normalized spacial score (nSPS) is 46.3. The second-order valence-corrected chi connectivity index (χ2v) is 7.09. The highest BCUT2D eigenvalue weighted by molar-refractivity contribution is 7.95. The van der Waals surface area contributed by atoms with Crippen LogP contribution in [0.3, 0.4) is 0 Å². The van der Waals surface area contributed by atoms with Crippen molar-refractivity contribution in [3.8, 4) is 0 Å². The van der Waals surface area contributed by atoms with E-state index in [1.807, 2.05) is 31.2 Å². The first kappa shape index (κ1) is 9.00. The first-order chi connectivity index (χ1) is 5.91. The molecule has 2 bridgehead atoms. The average molecular weight is 198 g/mol. The van der Waals surface area contributed by atoms with E-state index < -0.39 is 19.3 Å². The maximum Gasteiger partial charge on any atom is 0.171 e. The molecule has 0 aromatic carbocycles. The molecule has 0 spiro atoms. The molecule has 3 heteroatoms. The van der Waals surface area contributed by atoms with Crippen LogP contribution in [0.5, 0.6) is 0 Å². The minimum absolute atomic E-state index is 0.634. The maximum atomic E-state index is 12.1. The Morgan fingerprint density at radius 1 is 1.15 bits per heavy atom. The molecule has 13 heavy (non-hydrogen) atoms. The summed E-state index contributed by atoms with van der Waals surface area (Å²) in [6.45, 7) is 3.59. The molecule has 0 aromatic rings. The van der Waals surface area contributed by atoms with Crippen LogP contribution >= 0.6 is 0 Å². The van der Waals surface area contributed by atoms with E-state index in [1.165, 1.54) is 0 Å². The Morgan fingerprint density at radius 2 is 1.85 bits per heavy atom. The van der Waals surface area contributed by atoms with Gasteiger partial charge in [-0.1, -0.05) is 24.3 Å². The zero-order chi connectivity index (χ0) is 9.74. The summed E-state index contributed by atoms with van der Waals surface area (Å²) in [5.74, 6) is 0. The second-order valence-electron chi connectivity index (χ2n) is 4.27. The van der Waals surface area contributed by atoms with Gasteiger partial charge in [-0.2, -0.15) is 0 Å². The molecule has 0 fully saturated rings. The summed E-state index contributed by atoms with van der Waals surface area (Å²) < 4.78 is 22.9. The molecule has 2 atom stereocenters. The summed E-state index contributed by atoms with van der Waals surface area (Å²) in [4.78, 5) is 0. The van der Waals surface area contributed by atoms with Gasteiger partial charge in [0.25, 0.3) is 0 Å². The van der Waals surface area contributed by atoms with Crippen LogP contribution in [0.2, 0.25) is 0 Å². The first-order valence-corrected chi connectivity index (χ1v) is 6.02. The highest BCUT2D eigenvalue weighted by atomic mass is 32.2. The topological polar surface area (TPSA) is 34.1 Å². The van der Waals surface area contributed by atoms with Crippen LogP contribution in [-0.4, -0.2) is 17.9 Å². The maximum absolute atomic E-state index is 12.1. The van der Waals surface area contributed by atoms with Crippen molar-refractivity contribution in [2.45, 2.75) is 36.2 Å². The number of rotatable bonds is 0. The zero-order valence-electron chi connectivity index (χ0n) is 7.95. The van der Waals surface area contributed by atoms with Crippen molar-refractivity contribution in [1.82, 2.24) is 0 Å². The van der Waals surface area contributed by atoms with E-state index in [0.717, 1.165) is 6.42 Å². The smallest absolute Gasteiger partial charge is 0.171 e. The van der Waals surface area contributed by atoms with E-state index in [9.17, 15) is 8.42 Å². The Labute approximate surface area is 79.3 Å². The fraction of sp³-hybridized carbons (Fsp3) is 0.600. The molecule has 0 aromatic heterocycles. The number of hydrogen-bond acceptors (Lipinski definition) is 2. The lowest BCUT2D eigenvalue weighted by atomic mass is 9.98. The molecular formula is C10H14O2S. The predicted molar refractivity (Wildman–Crippen MR) is 53.2 cm³/mol. The summed E-state index contributed by atoms with van der Waals surface area (Å²) >= 11 is 0. The SMILES string of the molecule is C[C@@]12C=CCC[C@@](C)(C=C1)S2(=O)=O. The van der Waals surface area contributed by atoms with Gasteiger partial charge in [-0.25, -0.2) is 8.42 Å². The van der Waals surface area contributed by atoms with Crippen molar-refractivity contribution in [3.05, 3.63) is 24.3 Å². The van der Waals surface area contributed by atoms with Crippen LogP contribution in [-0.2, 0) is 9.84 Å². The molecule has 2 rings (SSSR count). The lowest BCUT2D eigenvalue weighted by molar-refractivity contribution is 0.550. The Hall–Kier alpha value is -0.570. The van der Waals surface area contributed by atoms with Crippen molar-refractivity contribution in [2.75, 3.05) is 0 Å². The molecule has 0 aliphatic carbocycles. The largest absolute Gasteiger partial charge is 0.227 e. The molecule has 2 aliphatic rings. The van der Waals surface area contributed by atoms with Crippen LogP contribution in [0.15, 0.2) is 24.3 Å². The Balaban J connectivity index is 2.69. The third-order valence-electron chi connectivity index (χ3n) is 3.22. The Morgan fingerprint density at radius 3 is 2.54 bits per heavy atom. The Kier molecular flexibility index (Phi) is 1.57. The third kappa shape index (κ3) is 0.909. The fourth-order valence-electron chi connectivity index (χ4n) is 2.07. The van der Waals surface area contributed by atoms with E-state index in [1.54, 1.807) is 6.92 Å². The molecule has 0 saturated heterocycles. The minimum atomic E-state index is -3.06. The lowest BCUT2D eigenvalue weighted by Gasteiger charge is -2.25. The van der Waals surface area contributed by atoms with Crippen molar-refractivity contribution in [1.29, 1.82) is 0 Å². The molecule has 0 radical (unpaired) electrons. The van der Waals surface area contributed by atoms with Gasteiger partial charge in [-0.05, 0) is 26.7 Å². The summed E-state index contributed by atoms with van der Waals surface area (Å²) in [6, 6.07) is 0. The van der Waals surface area contributed by atoms with E-state index >= 15 is 0 Å². The number of sulfone groups is 1. The van der Waals surface area contributed by atoms with E-state index in [4.69, 9.17) is 0 Å². The first-order valence-electron chi connectivity index (χ1n) is 4.54. The number of allylic oxidation sites excluding steroid dienone is 1. The predicted octanol–water partition coefficient (Wildman–Crippen LogP) is 1.84. The van der Waals surface area contributed by atoms with Crippen molar-refractivity contribution >= 4 is 9.84 Å². The number of hydrogen-bond donors (Lipinski definition) is 0. The van der Waals surface area contributed by atoms with Crippen LogP contribution in [0.25, 0.3) is 0 Å². The standard InChI is InChI=1S/C10H14O2S/c1-9-5-3-4-6-10(2,8-7-9)13(9,11)12/h3,5,7-8H,4,6H2,1-2H3/t9-,10+/m1/s1.